The number of benzene rings is 2. The predicted molar refractivity (Wildman–Crippen MR) is 121 cm³/mol. The average Bonchev–Trinajstić information content (AvgIpc) is 2.76. The van der Waals surface area contributed by atoms with Gasteiger partial charge in [0.25, 0.3) is 11.6 Å². The van der Waals surface area contributed by atoms with Crippen LogP contribution in [0.4, 0.5) is 17.2 Å². The van der Waals surface area contributed by atoms with Gasteiger partial charge >= 0.3 is 0 Å². The van der Waals surface area contributed by atoms with Crippen molar-refractivity contribution in [1.29, 1.82) is 0 Å². The number of non-ortho nitro benzene ring substituents is 1. The van der Waals surface area contributed by atoms with Crippen molar-refractivity contribution in [2.75, 3.05) is 10.6 Å². The maximum atomic E-state index is 12.3. The summed E-state index contributed by atoms with van der Waals surface area (Å²) in [6.07, 6.45) is 1.46. The number of nitrogens with one attached hydrogen (secondary N) is 2. The molecule has 2 aromatic carbocycles. The molecule has 0 aliphatic rings. The minimum atomic E-state index is -0.523. The molecule has 0 saturated heterocycles. The van der Waals surface area contributed by atoms with E-state index in [4.69, 9.17) is 11.6 Å². The van der Waals surface area contributed by atoms with E-state index in [2.05, 4.69) is 15.6 Å². The fourth-order valence-corrected chi connectivity index (χ4v) is 3.47. The van der Waals surface area contributed by atoms with Crippen LogP contribution in [0, 0.1) is 10.1 Å². The fraction of sp³-hybridized carbons (Fsp3) is 0.0952. The molecule has 0 radical (unpaired) electrons. The molecular weight excluding hydrogens is 440 g/mol. The Balaban J connectivity index is 1.55. The molecule has 3 rings (SSSR count). The number of rotatable bonds is 7. The number of carbonyl (C=O) groups excluding carboxylic acids is 2. The lowest BCUT2D eigenvalue weighted by Crippen LogP contribution is -2.22. The van der Waals surface area contributed by atoms with Crippen molar-refractivity contribution in [3.8, 4) is 0 Å². The second-order valence-electron chi connectivity index (χ2n) is 6.39. The minimum absolute atomic E-state index is 0.0806. The van der Waals surface area contributed by atoms with Crippen molar-refractivity contribution >= 4 is 52.4 Å². The molecule has 10 heteroatoms. The van der Waals surface area contributed by atoms with E-state index in [1.165, 1.54) is 42.2 Å². The monoisotopic (exact) mass is 456 g/mol. The number of halogens is 1. The first-order chi connectivity index (χ1) is 14.8. The average molecular weight is 457 g/mol. The highest BCUT2D eigenvalue weighted by molar-refractivity contribution is 8.00. The summed E-state index contributed by atoms with van der Waals surface area (Å²) in [5.74, 6) is -0.153. The highest BCUT2D eigenvalue weighted by Crippen LogP contribution is 2.26. The lowest BCUT2D eigenvalue weighted by atomic mass is 10.2. The van der Waals surface area contributed by atoms with E-state index < -0.39 is 4.92 Å². The van der Waals surface area contributed by atoms with E-state index in [1.807, 2.05) is 0 Å². The zero-order chi connectivity index (χ0) is 22.4. The first-order valence-electron chi connectivity index (χ1n) is 9.07. The Labute approximate surface area is 187 Å². The summed E-state index contributed by atoms with van der Waals surface area (Å²) in [5.41, 5.74) is 0.795. The molecule has 1 aromatic heterocycles. The van der Waals surface area contributed by atoms with Crippen molar-refractivity contribution in [2.45, 2.75) is 17.1 Å². The Bertz CT molecular complexity index is 1090. The van der Waals surface area contributed by atoms with Gasteiger partial charge in [0, 0.05) is 34.5 Å². The van der Waals surface area contributed by atoms with Crippen LogP contribution in [0.25, 0.3) is 0 Å². The van der Waals surface area contributed by atoms with Crippen molar-refractivity contribution in [3.05, 3.63) is 87.6 Å². The molecule has 1 unspecified atom stereocenters. The summed E-state index contributed by atoms with van der Waals surface area (Å²) in [7, 11) is 0. The Kier molecular flexibility index (Phi) is 7.22. The molecule has 0 bridgehead atoms. The number of carbonyl (C=O) groups is 2. The Hall–Kier alpha value is -3.43. The van der Waals surface area contributed by atoms with Crippen LogP contribution >= 0.6 is 23.4 Å². The molecule has 31 heavy (non-hydrogen) atoms. The van der Waals surface area contributed by atoms with Crippen molar-refractivity contribution in [1.82, 2.24) is 4.98 Å². The maximum Gasteiger partial charge on any atom is 0.269 e. The van der Waals surface area contributed by atoms with Gasteiger partial charge in [-0.2, -0.15) is 0 Å². The van der Waals surface area contributed by atoms with Gasteiger partial charge in [-0.3, -0.25) is 19.7 Å². The summed E-state index contributed by atoms with van der Waals surface area (Å²) in [5, 5.41) is 16.3. The third-order valence-electron chi connectivity index (χ3n) is 4.11. The molecular formula is C21H17ClN4O4S. The van der Waals surface area contributed by atoms with Crippen LogP contribution in [0.3, 0.4) is 0 Å². The van der Waals surface area contributed by atoms with Crippen LogP contribution in [-0.4, -0.2) is 27.0 Å². The van der Waals surface area contributed by atoms with Gasteiger partial charge in [-0.25, -0.2) is 4.98 Å². The van der Waals surface area contributed by atoms with Crippen molar-refractivity contribution in [2.24, 2.45) is 0 Å². The van der Waals surface area contributed by atoms with Gasteiger partial charge in [-0.1, -0.05) is 11.6 Å². The lowest BCUT2D eigenvalue weighted by Gasteiger charge is -2.12. The smallest absolute Gasteiger partial charge is 0.269 e. The molecule has 8 nitrogen and oxygen atoms in total. The second kappa shape index (κ2) is 10.1. The number of hydrogen-bond donors (Lipinski definition) is 2. The topological polar surface area (TPSA) is 114 Å². The number of aromatic nitrogens is 1. The molecule has 0 aliphatic heterocycles. The number of anilines is 2. The summed E-state index contributed by atoms with van der Waals surface area (Å²) in [4.78, 5) is 39.7. The Morgan fingerprint density at radius 3 is 2.29 bits per heavy atom. The van der Waals surface area contributed by atoms with E-state index in [1.54, 1.807) is 43.3 Å². The molecule has 3 aromatic rings. The van der Waals surface area contributed by atoms with E-state index in [0.29, 0.717) is 22.1 Å². The number of nitrogens with zero attached hydrogens (tertiary/aromatic N) is 2. The van der Waals surface area contributed by atoms with E-state index in [0.717, 1.165) is 4.90 Å². The third-order valence-corrected chi connectivity index (χ3v) is 5.45. The van der Waals surface area contributed by atoms with Crippen molar-refractivity contribution < 1.29 is 14.5 Å². The van der Waals surface area contributed by atoms with E-state index in [9.17, 15) is 19.7 Å². The number of nitro benzene ring substituents is 1. The summed E-state index contributed by atoms with van der Waals surface area (Å²) >= 11 is 7.14. The first kappa shape index (κ1) is 22.3. The fourth-order valence-electron chi connectivity index (χ4n) is 2.49. The van der Waals surface area contributed by atoms with Gasteiger partial charge in [0.1, 0.15) is 5.82 Å². The number of pyridine rings is 1. The second-order valence-corrected chi connectivity index (χ2v) is 8.24. The van der Waals surface area contributed by atoms with Gasteiger partial charge < -0.3 is 10.6 Å². The van der Waals surface area contributed by atoms with Gasteiger partial charge in [-0.05, 0) is 55.5 Å². The zero-order valence-electron chi connectivity index (χ0n) is 16.2. The van der Waals surface area contributed by atoms with Crippen LogP contribution in [0.15, 0.2) is 71.8 Å². The molecule has 2 N–H and O–H groups in total. The standard InChI is InChI=1S/C21H17ClN4O4S/c1-13(20(27)25-19-11-4-15(22)12-23-19)31-18-9-5-16(6-10-18)24-21(28)14-2-7-17(8-3-14)26(29)30/h2-13H,1H3,(H,24,28)(H,23,25,27). The van der Waals surface area contributed by atoms with Gasteiger partial charge in [-0.15, -0.1) is 11.8 Å². The maximum absolute atomic E-state index is 12.3. The molecule has 0 spiro atoms. The number of amides is 2. The van der Waals surface area contributed by atoms with E-state index >= 15 is 0 Å². The van der Waals surface area contributed by atoms with Gasteiger partial charge in [0.15, 0.2) is 0 Å². The van der Waals surface area contributed by atoms with Crippen molar-refractivity contribution in [3.63, 3.8) is 0 Å². The highest BCUT2D eigenvalue weighted by Gasteiger charge is 2.15. The molecule has 0 aliphatic carbocycles. The quantitative estimate of drug-likeness (QED) is 0.293. The van der Waals surface area contributed by atoms with Gasteiger partial charge in [0.2, 0.25) is 5.91 Å². The molecule has 1 atom stereocenters. The number of hydrogen-bond acceptors (Lipinski definition) is 6. The SMILES string of the molecule is CC(Sc1ccc(NC(=O)c2ccc([N+](=O)[O-])cc2)cc1)C(=O)Nc1ccc(Cl)cn1. The predicted octanol–water partition coefficient (Wildman–Crippen LogP) is 5.01. The Morgan fingerprint density at radius 2 is 1.71 bits per heavy atom. The lowest BCUT2D eigenvalue weighted by molar-refractivity contribution is -0.384. The molecule has 0 fully saturated rings. The molecule has 158 valence electrons. The van der Waals surface area contributed by atoms with Gasteiger partial charge in [0.05, 0.1) is 15.2 Å². The third kappa shape index (κ3) is 6.27. The molecule has 2 amide bonds. The largest absolute Gasteiger partial charge is 0.322 e. The van der Waals surface area contributed by atoms with E-state index in [-0.39, 0.29) is 22.8 Å². The molecule has 1 heterocycles. The van der Waals surface area contributed by atoms with Crippen LogP contribution in [0.5, 0.6) is 0 Å². The van der Waals surface area contributed by atoms with Crippen LogP contribution < -0.4 is 10.6 Å². The number of thioether (sulfide) groups is 1. The normalized spacial score (nSPS) is 11.4. The molecule has 0 saturated carbocycles. The minimum Gasteiger partial charge on any atom is -0.322 e. The van der Waals surface area contributed by atoms with Crippen LogP contribution in [0.1, 0.15) is 17.3 Å². The summed E-state index contributed by atoms with van der Waals surface area (Å²) in [6.45, 7) is 1.78. The first-order valence-corrected chi connectivity index (χ1v) is 10.3. The summed E-state index contributed by atoms with van der Waals surface area (Å²) in [6, 6.07) is 15.6. The van der Waals surface area contributed by atoms with Crippen LogP contribution in [0.2, 0.25) is 5.02 Å². The highest BCUT2D eigenvalue weighted by atomic mass is 35.5. The van der Waals surface area contributed by atoms with Crippen LogP contribution in [-0.2, 0) is 4.79 Å². The zero-order valence-corrected chi connectivity index (χ0v) is 17.8. The number of nitro groups is 1. The summed E-state index contributed by atoms with van der Waals surface area (Å²) < 4.78 is 0. The Morgan fingerprint density at radius 1 is 1.03 bits per heavy atom.